The molecule has 5 heteroatoms. The fraction of sp³-hybridized carbons (Fsp3) is 0.182. The number of carbonyl (C=O) groups is 3. The first kappa shape index (κ1) is 22.7. The summed E-state index contributed by atoms with van der Waals surface area (Å²) in [4.78, 5) is 43.1. The van der Waals surface area contributed by atoms with Gasteiger partial charge < -0.3 is 4.74 Å². The van der Waals surface area contributed by atoms with Crippen LogP contribution in [0.3, 0.4) is 0 Å². The Labute approximate surface area is 220 Å². The molecule has 0 radical (unpaired) electrons. The van der Waals surface area contributed by atoms with Crippen molar-refractivity contribution in [1.82, 2.24) is 0 Å². The van der Waals surface area contributed by atoms with Crippen molar-refractivity contribution in [2.75, 3.05) is 4.90 Å². The molecule has 0 spiro atoms. The van der Waals surface area contributed by atoms with Crippen LogP contribution in [0, 0.1) is 31.6 Å². The minimum atomic E-state index is -0.855. The Hall–Kier alpha value is -4.51. The summed E-state index contributed by atoms with van der Waals surface area (Å²) in [5, 5.41) is 1.98. The number of anilines is 1. The van der Waals surface area contributed by atoms with E-state index in [2.05, 4.69) is 0 Å². The van der Waals surface area contributed by atoms with E-state index in [9.17, 15) is 14.4 Å². The van der Waals surface area contributed by atoms with Crippen LogP contribution in [0.15, 0.2) is 91.0 Å². The molecule has 2 amide bonds. The normalized spacial score (nSPS) is 24.0. The second kappa shape index (κ2) is 8.25. The van der Waals surface area contributed by atoms with E-state index in [-0.39, 0.29) is 17.7 Å². The van der Waals surface area contributed by atoms with Crippen molar-refractivity contribution >= 4 is 39.8 Å². The van der Waals surface area contributed by atoms with Gasteiger partial charge in [-0.3, -0.25) is 14.4 Å². The molecule has 0 N–H and O–H groups in total. The van der Waals surface area contributed by atoms with Gasteiger partial charge in [0.05, 0.1) is 23.4 Å². The Morgan fingerprint density at radius 2 is 1.47 bits per heavy atom. The average molecular weight is 500 g/mol. The number of ether oxygens (including phenoxy) is 1. The van der Waals surface area contributed by atoms with Crippen LogP contribution in [0.2, 0.25) is 0 Å². The summed E-state index contributed by atoms with van der Waals surface area (Å²) < 4.78 is 5.86. The molecule has 7 rings (SSSR count). The van der Waals surface area contributed by atoms with Crippen molar-refractivity contribution in [2.24, 2.45) is 17.8 Å². The van der Waals surface area contributed by atoms with Gasteiger partial charge in [-0.25, -0.2) is 4.90 Å². The summed E-state index contributed by atoms with van der Waals surface area (Å²) in [5.41, 5.74) is 5.16. The fourth-order valence-electron chi connectivity index (χ4n) is 6.45. The number of allylic oxidation sites excluding steroid dienone is 1. The van der Waals surface area contributed by atoms with Crippen molar-refractivity contribution in [3.05, 3.63) is 113 Å². The summed E-state index contributed by atoms with van der Waals surface area (Å²) in [7, 11) is 0. The number of hydrogen-bond donors (Lipinski definition) is 0. The molecule has 2 aliphatic heterocycles. The Morgan fingerprint density at radius 3 is 2.26 bits per heavy atom. The predicted octanol–water partition coefficient (Wildman–Crippen LogP) is 5.98. The first-order valence-electron chi connectivity index (χ1n) is 12.9. The average Bonchev–Trinajstić information content (AvgIpc) is 3.20. The van der Waals surface area contributed by atoms with Crippen molar-refractivity contribution in [3.63, 3.8) is 0 Å². The molecule has 1 fully saturated rings. The van der Waals surface area contributed by atoms with E-state index < -0.39 is 23.7 Å². The highest BCUT2D eigenvalue weighted by atomic mass is 16.5. The molecule has 0 saturated carbocycles. The van der Waals surface area contributed by atoms with Gasteiger partial charge in [-0.1, -0.05) is 72.8 Å². The maximum Gasteiger partial charge on any atom is 0.319 e. The molecule has 4 atom stereocenters. The van der Waals surface area contributed by atoms with Gasteiger partial charge in [-0.05, 0) is 65.1 Å². The molecule has 1 saturated heterocycles. The second-order valence-corrected chi connectivity index (χ2v) is 10.4. The molecular formula is C33H25NO4. The lowest BCUT2D eigenvalue weighted by molar-refractivity contribution is -0.142. The number of hydrogen-bond acceptors (Lipinski definition) is 4. The molecule has 0 aromatic heterocycles. The van der Waals surface area contributed by atoms with Gasteiger partial charge in [0.15, 0.2) is 0 Å². The molecule has 3 aliphatic rings. The molecule has 1 aliphatic carbocycles. The van der Waals surface area contributed by atoms with Gasteiger partial charge in [0, 0.05) is 11.5 Å². The van der Waals surface area contributed by atoms with E-state index in [1.165, 1.54) is 4.90 Å². The van der Waals surface area contributed by atoms with E-state index in [0.717, 1.165) is 38.6 Å². The van der Waals surface area contributed by atoms with E-state index in [1.54, 1.807) is 0 Å². The highest BCUT2D eigenvalue weighted by Gasteiger charge is 2.60. The number of aryl methyl sites for hydroxylation is 2. The van der Waals surface area contributed by atoms with E-state index in [0.29, 0.717) is 11.4 Å². The van der Waals surface area contributed by atoms with Crippen LogP contribution in [0.25, 0.3) is 16.3 Å². The van der Waals surface area contributed by atoms with Gasteiger partial charge in [-0.15, -0.1) is 0 Å². The largest absolute Gasteiger partial charge is 0.425 e. The summed E-state index contributed by atoms with van der Waals surface area (Å²) in [5.74, 6) is -3.39. The number of carbonyl (C=O) groups excluding carboxylic acids is 3. The topological polar surface area (TPSA) is 63.7 Å². The number of benzene rings is 4. The minimum absolute atomic E-state index is 0.274. The van der Waals surface area contributed by atoms with Crippen LogP contribution < -0.4 is 9.64 Å². The molecule has 2 heterocycles. The zero-order chi connectivity index (χ0) is 26.1. The second-order valence-electron chi connectivity index (χ2n) is 10.4. The highest BCUT2D eigenvalue weighted by molar-refractivity contribution is 6.25. The minimum Gasteiger partial charge on any atom is -0.425 e. The molecule has 4 aromatic rings. The van der Waals surface area contributed by atoms with Crippen molar-refractivity contribution in [2.45, 2.75) is 19.8 Å². The maximum absolute atomic E-state index is 14.2. The SMILES string of the molecule is Cc1ccc(N2C(=O)[C@@H]3[C@@H]4C(=O)Oc5ccc6ccccc6c5C4=C[C@@H](c4ccccc4)[C@@H]3C2=O)cc1C. The van der Waals surface area contributed by atoms with Crippen molar-refractivity contribution < 1.29 is 19.1 Å². The zero-order valence-corrected chi connectivity index (χ0v) is 21.0. The molecule has 0 bridgehead atoms. The number of amides is 2. The van der Waals surface area contributed by atoms with Gasteiger partial charge >= 0.3 is 5.97 Å². The quantitative estimate of drug-likeness (QED) is 0.193. The van der Waals surface area contributed by atoms with Crippen LogP contribution in [0.1, 0.15) is 28.2 Å². The number of imide groups is 1. The Kier molecular flexibility index (Phi) is 4.92. The third kappa shape index (κ3) is 3.14. The standard InChI is InChI=1S/C33H25NO4/c1-18-12-14-22(16-19(18)2)34-31(35)28-24(20-8-4-3-5-9-20)17-25-27-23-11-7-6-10-21(23)13-15-26(27)38-33(37)29(25)30(28)32(34)36/h3-17,24,28-30H,1-2H3/t24-,28-,29+,30-/m0/s1. The predicted molar refractivity (Wildman–Crippen MR) is 146 cm³/mol. The number of esters is 1. The van der Waals surface area contributed by atoms with Crippen LogP contribution in [0.4, 0.5) is 5.69 Å². The van der Waals surface area contributed by atoms with Gasteiger partial charge in [0.1, 0.15) is 5.75 Å². The summed E-state index contributed by atoms with van der Waals surface area (Å²) in [6, 6.07) is 27.1. The smallest absolute Gasteiger partial charge is 0.319 e. The van der Waals surface area contributed by atoms with Crippen LogP contribution in [0.5, 0.6) is 5.75 Å². The van der Waals surface area contributed by atoms with Crippen LogP contribution >= 0.6 is 0 Å². The first-order valence-corrected chi connectivity index (χ1v) is 12.9. The summed E-state index contributed by atoms with van der Waals surface area (Å²) >= 11 is 0. The lowest BCUT2D eigenvalue weighted by atomic mass is 9.64. The molecule has 0 unspecified atom stereocenters. The van der Waals surface area contributed by atoms with E-state index in [4.69, 9.17) is 4.74 Å². The summed E-state index contributed by atoms with van der Waals surface area (Å²) in [6.45, 7) is 3.96. The lowest BCUT2D eigenvalue weighted by Crippen LogP contribution is -2.42. The maximum atomic E-state index is 14.2. The molecule has 186 valence electrons. The molecule has 38 heavy (non-hydrogen) atoms. The van der Waals surface area contributed by atoms with Gasteiger partial charge in [0.2, 0.25) is 11.8 Å². The summed E-state index contributed by atoms with van der Waals surface area (Å²) in [6.07, 6.45) is 2.04. The van der Waals surface area contributed by atoms with Crippen LogP contribution in [-0.2, 0) is 14.4 Å². The number of fused-ring (bicyclic) bond motifs is 7. The van der Waals surface area contributed by atoms with E-state index in [1.807, 2.05) is 105 Å². The Bertz CT molecular complexity index is 1700. The lowest BCUT2D eigenvalue weighted by Gasteiger charge is -2.38. The Morgan fingerprint density at radius 1 is 0.737 bits per heavy atom. The number of rotatable bonds is 2. The van der Waals surface area contributed by atoms with Crippen molar-refractivity contribution in [1.29, 1.82) is 0 Å². The third-order valence-electron chi connectivity index (χ3n) is 8.42. The Balaban J connectivity index is 1.46. The zero-order valence-electron chi connectivity index (χ0n) is 21.0. The van der Waals surface area contributed by atoms with Gasteiger partial charge in [-0.2, -0.15) is 0 Å². The molecule has 4 aromatic carbocycles. The molecule has 5 nitrogen and oxygen atoms in total. The molecular weight excluding hydrogens is 474 g/mol. The number of nitrogens with zero attached hydrogens (tertiary/aromatic N) is 1. The van der Waals surface area contributed by atoms with Crippen LogP contribution in [-0.4, -0.2) is 17.8 Å². The monoisotopic (exact) mass is 499 g/mol. The van der Waals surface area contributed by atoms with Gasteiger partial charge in [0.25, 0.3) is 0 Å². The highest BCUT2D eigenvalue weighted by Crippen LogP contribution is 2.55. The van der Waals surface area contributed by atoms with Crippen molar-refractivity contribution in [3.8, 4) is 5.75 Å². The van der Waals surface area contributed by atoms with E-state index >= 15 is 0 Å². The first-order chi connectivity index (χ1) is 18.4. The fourth-order valence-corrected chi connectivity index (χ4v) is 6.45. The third-order valence-corrected chi connectivity index (χ3v) is 8.42.